The molecule has 0 aliphatic heterocycles. The number of aromatic hydroxyl groups is 1. The van der Waals surface area contributed by atoms with E-state index in [2.05, 4.69) is 15.3 Å². The van der Waals surface area contributed by atoms with Crippen molar-refractivity contribution >= 4 is 6.21 Å². The van der Waals surface area contributed by atoms with Crippen LogP contribution >= 0.6 is 0 Å². The zero-order chi connectivity index (χ0) is 12.3. The Morgan fingerprint density at radius 3 is 2.71 bits per heavy atom. The van der Waals surface area contributed by atoms with Gasteiger partial charge in [-0.1, -0.05) is 6.07 Å². The summed E-state index contributed by atoms with van der Waals surface area (Å²) in [5.41, 5.74) is 1.97. The molecule has 2 N–H and O–H groups in total. The van der Waals surface area contributed by atoms with Gasteiger partial charge >= 0.3 is 0 Å². The van der Waals surface area contributed by atoms with Crippen LogP contribution in [0.1, 0.15) is 16.7 Å². The summed E-state index contributed by atoms with van der Waals surface area (Å²) in [6.07, 6.45) is 4.37. The molecule has 0 spiro atoms. The number of rotatable bonds is 3. The fraction of sp³-hybridized carbons (Fsp3) is 0.182. The lowest BCUT2D eigenvalue weighted by molar-refractivity contribution is 0.275. The molecule has 6 nitrogen and oxygen atoms in total. The van der Waals surface area contributed by atoms with E-state index in [0.29, 0.717) is 11.1 Å². The van der Waals surface area contributed by atoms with Crippen LogP contribution in [0.4, 0.5) is 0 Å². The first kappa shape index (κ1) is 11.3. The summed E-state index contributed by atoms with van der Waals surface area (Å²) in [6.45, 7) is 1.68. The van der Waals surface area contributed by atoms with Crippen molar-refractivity contribution < 1.29 is 10.2 Å². The lowest BCUT2D eigenvalue weighted by Gasteiger charge is -2.06. The minimum atomic E-state index is -0.207. The zero-order valence-corrected chi connectivity index (χ0v) is 9.28. The average molecular weight is 232 g/mol. The van der Waals surface area contributed by atoms with Crippen molar-refractivity contribution in [3.63, 3.8) is 0 Å². The summed E-state index contributed by atoms with van der Waals surface area (Å²) in [7, 11) is 0. The van der Waals surface area contributed by atoms with Crippen molar-refractivity contribution in [2.75, 3.05) is 0 Å². The quantitative estimate of drug-likeness (QED) is 0.762. The van der Waals surface area contributed by atoms with Crippen LogP contribution in [-0.2, 0) is 6.61 Å². The summed E-state index contributed by atoms with van der Waals surface area (Å²) >= 11 is 0. The molecule has 0 aliphatic carbocycles. The fourth-order valence-corrected chi connectivity index (χ4v) is 1.49. The molecule has 1 heterocycles. The molecule has 0 bridgehead atoms. The van der Waals surface area contributed by atoms with Gasteiger partial charge in [-0.05, 0) is 18.6 Å². The van der Waals surface area contributed by atoms with E-state index in [1.807, 2.05) is 6.92 Å². The highest BCUT2D eigenvalue weighted by atomic mass is 16.3. The SMILES string of the molecule is Cc1cc(/C=N/n2cnnc2)c(O)c(CO)c1. The molecule has 0 unspecified atom stereocenters. The van der Waals surface area contributed by atoms with Gasteiger partial charge in [-0.2, -0.15) is 5.10 Å². The van der Waals surface area contributed by atoms with Gasteiger partial charge in [0.25, 0.3) is 0 Å². The number of aliphatic hydroxyl groups is 1. The normalized spacial score (nSPS) is 11.2. The predicted molar refractivity (Wildman–Crippen MR) is 61.8 cm³/mol. The van der Waals surface area contributed by atoms with Crippen LogP contribution in [0, 0.1) is 6.92 Å². The molecule has 88 valence electrons. The van der Waals surface area contributed by atoms with Gasteiger partial charge in [-0.25, -0.2) is 4.68 Å². The first-order valence-corrected chi connectivity index (χ1v) is 5.03. The van der Waals surface area contributed by atoms with Gasteiger partial charge in [0.2, 0.25) is 0 Å². The first-order chi connectivity index (χ1) is 8.20. The van der Waals surface area contributed by atoms with E-state index in [1.54, 1.807) is 12.1 Å². The molecule has 2 aromatic rings. The minimum absolute atomic E-state index is 0.0370. The maximum Gasteiger partial charge on any atom is 0.141 e. The van der Waals surface area contributed by atoms with Gasteiger partial charge in [-0.3, -0.25) is 0 Å². The minimum Gasteiger partial charge on any atom is -0.507 e. The molecule has 0 amide bonds. The lowest BCUT2D eigenvalue weighted by atomic mass is 10.1. The van der Waals surface area contributed by atoms with E-state index in [9.17, 15) is 5.11 Å². The molecular weight excluding hydrogens is 220 g/mol. The van der Waals surface area contributed by atoms with Crippen molar-refractivity contribution in [2.45, 2.75) is 13.5 Å². The van der Waals surface area contributed by atoms with Crippen molar-refractivity contribution in [2.24, 2.45) is 5.10 Å². The number of benzene rings is 1. The molecule has 0 fully saturated rings. The van der Waals surface area contributed by atoms with Gasteiger partial charge in [0.05, 0.1) is 12.8 Å². The molecule has 2 rings (SSSR count). The summed E-state index contributed by atoms with van der Waals surface area (Å²) in [4.78, 5) is 0. The third-order valence-electron chi connectivity index (χ3n) is 2.27. The van der Waals surface area contributed by atoms with Crippen molar-refractivity contribution in [3.05, 3.63) is 41.5 Å². The second-order valence-corrected chi connectivity index (χ2v) is 3.61. The Morgan fingerprint density at radius 2 is 2.06 bits per heavy atom. The summed E-state index contributed by atoms with van der Waals surface area (Å²) in [5.74, 6) is 0.0370. The summed E-state index contributed by atoms with van der Waals surface area (Å²) in [5, 5.41) is 30.2. The molecule has 1 aromatic carbocycles. The van der Waals surface area contributed by atoms with Gasteiger partial charge in [0.15, 0.2) is 0 Å². The van der Waals surface area contributed by atoms with Crippen LogP contribution in [0.25, 0.3) is 0 Å². The Bertz CT molecular complexity index is 535. The number of hydrogen-bond donors (Lipinski definition) is 2. The van der Waals surface area contributed by atoms with Crippen LogP contribution in [0.3, 0.4) is 0 Å². The number of aryl methyl sites for hydroxylation is 1. The van der Waals surface area contributed by atoms with Crippen LogP contribution in [0.2, 0.25) is 0 Å². The predicted octanol–water partition coefficient (Wildman–Crippen LogP) is 0.667. The van der Waals surface area contributed by atoms with E-state index in [1.165, 1.54) is 23.5 Å². The molecule has 17 heavy (non-hydrogen) atoms. The standard InChI is InChI=1S/C11H12N4O2/c1-8-2-9(11(17)10(3-8)5-16)4-14-15-6-12-13-7-15/h2-4,6-7,16-17H,5H2,1H3/b14-4+. The van der Waals surface area contributed by atoms with Crippen molar-refractivity contribution in [3.8, 4) is 5.75 Å². The third kappa shape index (κ3) is 2.48. The van der Waals surface area contributed by atoms with Crippen LogP contribution in [0.15, 0.2) is 29.9 Å². The molecule has 1 aromatic heterocycles. The zero-order valence-electron chi connectivity index (χ0n) is 9.28. The molecule has 6 heteroatoms. The van der Waals surface area contributed by atoms with Crippen molar-refractivity contribution in [1.82, 2.24) is 14.9 Å². The largest absolute Gasteiger partial charge is 0.507 e. The Balaban J connectivity index is 2.35. The van der Waals surface area contributed by atoms with Gasteiger partial charge < -0.3 is 10.2 Å². The molecule has 0 saturated heterocycles. The molecule has 0 atom stereocenters. The highest BCUT2D eigenvalue weighted by Crippen LogP contribution is 2.23. The van der Waals surface area contributed by atoms with Crippen LogP contribution < -0.4 is 0 Å². The molecular formula is C11H12N4O2. The Labute approximate surface area is 97.9 Å². The van der Waals surface area contributed by atoms with E-state index in [4.69, 9.17) is 5.11 Å². The van der Waals surface area contributed by atoms with Gasteiger partial charge in [0.1, 0.15) is 18.4 Å². The van der Waals surface area contributed by atoms with Gasteiger partial charge in [0, 0.05) is 11.1 Å². The average Bonchev–Trinajstić information content (AvgIpc) is 2.82. The maximum absolute atomic E-state index is 9.85. The Hall–Kier alpha value is -2.21. The van der Waals surface area contributed by atoms with E-state index >= 15 is 0 Å². The number of aromatic nitrogens is 3. The van der Waals surface area contributed by atoms with E-state index < -0.39 is 0 Å². The summed E-state index contributed by atoms with van der Waals surface area (Å²) < 4.78 is 1.42. The Morgan fingerprint density at radius 1 is 1.35 bits per heavy atom. The second kappa shape index (κ2) is 4.75. The van der Waals surface area contributed by atoms with Crippen LogP contribution in [0.5, 0.6) is 5.75 Å². The number of phenols is 1. The smallest absolute Gasteiger partial charge is 0.141 e. The monoisotopic (exact) mass is 232 g/mol. The highest BCUT2D eigenvalue weighted by Gasteiger charge is 2.06. The molecule has 0 aliphatic rings. The third-order valence-corrected chi connectivity index (χ3v) is 2.27. The topological polar surface area (TPSA) is 83.5 Å². The van der Waals surface area contributed by atoms with E-state index in [-0.39, 0.29) is 12.4 Å². The second-order valence-electron chi connectivity index (χ2n) is 3.61. The fourth-order valence-electron chi connectivity index (χ4n) is 1.49. The Kier molecular flexibility index (Phi) is 3.15. The lowest BCUT2D eigenvalue weighted by Crippen LogP contribution is -1.94. The summed E-state index contributed by atoms with van der Waals surface area (Å²) in [6, 6.07) is 3.51. The molecule has 0 radical (unpaired) electrons. The highest BCUT2D eigenvalue weighted by molar-refractivity contribution is 5.84. The maximum atomic E-state index is 9.85. The van der Waals surface area contributed by atoms with Crippen LogP contribution in [-0.4, -0.2) is 31.3 Å². The first-order valence-electron chi connectivity index (χ1n) is 5.03. The van der Waals surface area contributed by atoms with Gasteiger partial charge in [-0.15, -0.1) is 10.2 Å². The number of nitrogens with zero attached hydrogens (tertiary/aromatic N) is 4. The number of aliphatic hydroxyl groups excluding tert-OH is 1. The van der Waals surface area contributed by atoms with E-state index in [0.717, 1.165) is 5.56 Å². The number of hydrogen-bond acceptors (Lipinski definition) is 5. The molecule has 0 saturated carbocycles. The van der Waals surface area contributed by atoms with Crippen molar-refractivity contribution in [1.29, 1.82) is 0 Å².